The van der Waals surface area contributed by atoms with Crippen molar-refractivity contribution in [3.8, 4) is 0 Å². The van der Waals surface area contributed by atoms with Gasteiger partial charge in [0.25, 0.3) is 5.91 Å². The lowest BCUT2D eigenvalue weighted by Crippen LogP contribution is -2.43. The minimum absolute atomic E-state index is 0.0799. The van der Waals surface area contributed by atoms with Crippen molar-refractivity contribution in [2.45, 2.75) is 18.1 Å². The van der Waals surface area contributed by atoms with E-state index in [0.717, 1.165) is 28.2 Å². The predicted octanol–water partition coefficient (Wildman–Crippen LogP) is 1.64. The lowest BCUT2D eigenvalue weighted by Gasteiger charge is -2.14. The fourth-order valence-corrected chi connectivity index (χ4v) is 3.56. The highest BCUT2D eigenvalue weighted by molar-refractivity contribution is 7.91. The number of sulfonamides is 1. The number of primary sulfonamides is 1. The van der Waals surface area contributed by atoms with Crippen molar-refractivity contribution in [2.24, 2.45) is 5.14 Å². The van der Waals surface area contributed by atoms with Crippen LogP contribution in [0.5, 0.6) is 0 Å². The van der Waals surface area contributed by atoms with E-state index >= 15 is 0 Å². The average Bonchev–Trinajstić information content (AvgIpc) is 2.99. The molecule has 0 atom stereocenters. The molecular weight excluding hydrogens is 368 g/mol. The van der Waals surface area contributed by atoms with Gasteiger partial charge in [-0.3, -0.25) is 15.6 Å². The number of thiocarbonyl (C=S) groups is 1. The summed E-state index contributed by atoms with van der Waals surface area (Å²) in [6.45, 7) is 3.94. The molecule has 0 aliphatic carbocycles. The number of carbonyl (C=O) groups excluding carboxylic acids is 1. The lowest BCUT2D eigenvalue weighted by atomic mass is 10.1. The number of nitrogens with one attached hydrogen (secondary N) is 3. The Hall–Kier alpha value is -2.01. The summed E-state index contributed by atoms with van der Waals surface area (Å²) >= 11 is 6.00. The van der Waals surface area contributed by atoms with E-state index in [1.165, 1.54) is 11.4 Å². The normalized spacial score (nSPS) is 11.0. The van der Waals surface area contributed by atoms with Crippen LogP contribution < -0.4 is 21.3 Å². The van der Waals surface area contributed by atoms with E-state index < -0.39 is 15.9 Å². The molecule has 0 saturated heterocycles. The molecular formula is C14H16N4O3S3. The van der Waals surface area contributed by atoms with E-state index in [-0.39, 0.29) is 14.9 Å². The monoisotopic (exact) mass is 384 g/mol. The standard InChI is InChI=1S/C14H16N4O3S3/c1-8-4-3-5-11(9(8)2)16-14(22)18-17-13(19)10-6-12(23-7-10)24(15,20)21/h3-7H,1-2H3,(H,17,19)(H2,15,20,21)(H2,16,18,22). The molecule has 0 saturated carbocycles. The number of thiophene rings is 1. The summed E-state index contributed by atoms with van der Waals surface area (Å²) in [5.74, 6) is -0.522. The number of anilines is 1. The molecule has 1 heterocycles. The number of rotatable bonds is 3. The molecule has 0 fully saturated rings. The van der Waals surface area contributed by atoms with Crippen LogP contribution in [-0.4, -0.2) is 19.4 Å². The van der Waals surface area contributed by atoms with Crippen LogP contribution in [0.25, 0.3) is 0 Å². The zero-order valence-corrected chi connectivity index (χ0v) is 15.4. The molecule has 24 heavy (non-hydrogen) atoms. The average molecular weight is 385 g/mol. The molecule has 0 aliphatic rings. The second-order valence-electron chi connectivity index (χ2n) is 4.98. The highest BCUT2D eigenvalue weighted by Gasteiger charge is 2.15. The molecule has 5 N–H and O–H groups in total. The fraction of sp³-hybridized carbons (Fsp3) is 0.143. The third-order valence-electron chi connectivity index (χ3n) is 3.26. The molecule has 7 nitrogen and oxygen atoms in total. The third kappa shape index (κ3) is 4.51. The largest absolute Gasteiger partial charge is 0.331 e. The first-order chi connectivity index (χ1) is 11.2. The summed E-state index contributed by atoms with van der Waals surface area (Å²) in [4.78, 5) is 12.0. The summed E-state index contributed by atoms with van der Waals surface area (Å²) in [5.41, 5.74) is 8.12. The fourth-order valence-electron chi connectivity index (χ4n) is 1.81. The van der Waals surface area contributed by atoms with Gasteiger partial charge in [0.05, 0.1) is 5.56 Å². The van der Waals surface area contributed by atoms with Crippen LogP contribution in [0.4, 0.5) is 5.69 Å². The second-order valence-corrected chi connectivity index (χ2v) is 8.09. The first kappa shape index (κ1) is 18.3. The SMILES string of the molecule is Cc1cccc(NC(=S)NNC(=O)c2csc(S(N)(=O)=O)c2)c1C. The zero-order chi connectivity index (χ0) is 17.9. The summed E-state index contributed by atoms with van der Waals surface area (Å²) in [7, 11) is -3.82. The van der Waals surface area contributed by atoms with Crippen LogP contribution in [0.1, 0.15) is 21.5 Å². The number of hydrogen-bond donors (Lipinski definition) is 4. The minimum Gasteiger partial charge on any atom is -0.331 e. The van der Waals surface area contributed by atoms with Crippen molar-refractivity contribution in [3.63, 3.8) is 0 Å². The van der Waals surface area contributed by atoms with Crippen LogP contribution in [0.2, 0.25) is 0 Å². The topological polar surface area (TPSA) is 113 Å². The van der Waals surface area contributed by atoms with Crippen molar-refractivity contribution >= 4 is 50.3 Å². The smallest absolute Gasteiger partial charge is 0.270 e. The Morgan fingerprint density at radius 3 is 2.58 bits per heavy atom. The highest BCUT2D eigenvalue weighted by Crippen LogP contribution is 2.19. The Balaban J connectivity index is 1.95. The Bertz CT molecular complexity index is 890. The van der Waals surface area contributed by atoms with Gasteiger partial charge in [-0.1, -0.05) is 12.1 Å². The molecule has 0 bridgehead atoms. The Kier molecular flexibility index (Phi) is 5.54. The summed E-state index contributed by atoms with van der Waals surface area (Å²) < 4.78 is 22.3. The van der Waals surface area contributed by atoms with Gasteiger partial charge in [0.2, 0.25) is 10.0 Å². The van der Waals surface area contributed by atoms with Crippen molar-refractivity contribution in [1.82, 2.24) is 10.9 Å². The number of hydrogen-bond acceptors (Lipinski definition) is 5. The Labute approximate surface area is 149 Å². The Morgan fingerprint density at radius 1 is 1.25 bits per heavy atom. The van der Waals surface area contributed by atoms with Crippen LogP contribution in [0.3, 0.4) is 0 Å². The van der Waals surface area contributed by atoms with Gasteiger partial charge in [-0.05, 0) is 49.3 Å². The van der Waals surface area contributed by atoms with Crippen LogP contribution >= 0.6 is 23.6 Å². The van der Waals surface area contributed by atoms with Crippen molar-refractivity contribution in [3.05, 3.63) is 46.3 Å². The molecule has 2 rings (SSSR count). The first-order valence-corrected chi connectivity index (χ1v) is 9.57. The predicted molar refractivity (Wildman–Crippen MR) is 98.4 cm³/mol. The highest BCUT2D eigenvalue weighted by atomic mass is 32.2. The van der Waals surface area contributed by atoms with Crippen LogP contribution in [-0.2, 0) is 10.0 Å². The van der Waals surface area contributed by atoms with Gasteiger partial charge in [-0.2, -0.15) is 0 Å². The number of nitrogens with two attached hydrogens (primary N) is 1. The van der Waals surface area contributed by atoms with E-state index in [4.69, 9.17) is 17.4 Å². The van der Waals surface area contributed by atoms with E-state index in [9.17, 15) is 13.2 Å². The minimum atomic E-state index is -3.82. The summed E-state index contributed by atoms with van der Waals surface area (Å²) in [6, 6.07) is 6.96. The zero-order valence-electron chi connectivity index (χ0n) is 12.9. The first-order valence-electron chi connectivity index (χ1n) is 6.73. The molecule has 0 aliphatic heterocycles. The van der Waals surface area contributed by atoms with E-state index in [2.05, 4.69) is 16.2 Å². The molecule has 0 radical (unpaired) electrons. The summed E-state index contributed by atoms with van der Waals surface area (Å²) in [5, 5.41) is 9.60. The summed E-state index contributed by atoms with van der Waals surface area (Å²) in [6.07, 6.45) is 0. The molecule has 0 spiro atoms. The number of amides is 1. The molecule has 128 valence electrons. The van der Waals surface area contributed by atoms with Gasteiger partial charge in [0, 0.05) is 11.1 Å². The van der Waals surface area contributed by atoms with E-state index in [0.29, 0.717) is 0 Å². The van der Waals surface area contributed by atoms with Gasteiger partial charge >= 0.3 is 0 Å². The van der Waals surface area contributed by atoms with Gasteiger partial charge in [0.1, 0.15) is 4.21 Å². The van der Waals surface area contributed by atoms with Gasteiger partial charge < -0.3 is 5.32 Å². The molecule has 1 aromatic carbocycles. The molecule has 2 aromatic rings. The second kappa shape index (κ2) is 7.26. The molecule has 1 aromatic heterocycles. The maximum atomic E-state index is 12.0. The van der Waals surface area contributed by atoms with Crippen molar-refractivity contribution in [1.29, 1.82) is 0 Å². The number of hydrazine groups is 1. The maximum absolute atomic E-state index is 12.0. The van der Waals surface area contributed by atoms with Crippen LogP contribution in [0.15, 0.2) is 33.9 Å². The Morgan fingerprint density at radius 2 is 1.96 bits per heavy atom. The van der Waals surface area contributed by atoms with E-state index in [1.807, 2.05) is 32.0 Å². The van der Waals surface area contributed by atoms with Gasteiger partial charge in [-0.15, -0.1) is 11.3 Å². The van der Waals surface area contributed by atoms with Crippen LogP contribution in [0, 0.1) is 13.8 Å². The number of aryl methyl sites for hydroxylation is 1. The number of benzene rings is 1. The quantitative estimate of drug-likeness (QED) is 0.473. The van der Waals surface area contributed by atoms with E-state index in [1.54, 1.807) is 0 Å². The lowest BCUT2D eigenvalue weighted by molar-refractivity contribution is 0.0944. The third-order valence-corrected chi connectivity index (χ3v) is 5.85. The molecule has 1 amide bonds. The van der Waals surface area contributed by atoms with Gasteiger partial charge in [-0.25, -0.2) is 13.6 Å². The number of carbonyl (C=O) groups is 1. The van der Waals surface area contributed by atoms with Crippen molar-refractivity contribution in [2.75, 3.05) is 5.32 Å². The molecule has 0 unspecified atom stereocenters. The molecule has 10 heteroatoms. The van der Waals surface area contributed by atoms with Crippen molar-refractivity contribution < 1.29 is 13.2 Å². The van der Waals surface area contributed by atoms with Gasteiger partial charge in [0.15, 0.2) is 5.11 Å². The maximum Gasteiger partial charge on any atom is 0.270 e.